The van der Waals surface area contributed by atoms with Crippen LogP contribution < -0.4 is 0 Å². The van der Waals surface area contributed by atoms with Gasteiger partial charge in [-0.2, -0.15) is 0 Å². The minimum atomic E-state index is -3.13. The summed E-state index contributed by atoms with van der Waals surface area (Å²) < 4.78 is 8.74. The highest BCUT2D eigenvalue weighted by Gasteiger charge is 2.00. The van der Waals surface area contributed by atoms with E-state index in [1.807, 2.05) is 0 Å². The van der Waals surface area contributed by atoms with Crippen LogP contribution in [0.3, 0.4) is 0 Å². The molecule has 0 spiro atoms. The molecular weight excluding hydrogens is 175 g/mol. The molecule has 68 valence electrons. The van der Waals surface area contributed by atoms with Gasteiger partial charge in [0, 0.05) is 0 Å². The molecule has 1 atom stereocenters. The molecule has 7 heteroatoms. The van der Waals surface area contributed by atoms with E-state index in [-0.39, 0.29) is 6.42 Å². The fraction of sp³-hybridized carbons (Fsp3) is 0.750. The van der Waals surface area contributed by atoms with Crippen LogP contribution in [0.25, 0.3) is 0 Å². The molecule has 0 fully saturated rings. The second-order valence-corrected chi connectivity index (χ2v) is 2.29. The molecule has 0 aliphatic carbocycles. The van der Waals surface area contributed by atoms with E-state index in [1.165, 1.54) is 6.92 Å². The third-order valence-electron chi connectivity index (χ3n) is 0.470. The van der Waals surface area contributed by atoms with Gasteiger partial charge in [-0.1, -0.05) is 0 Å². The molecule has 0 aromatic rings. The van der Waals surface area contributed by atoms with E-state index in [0.29, 0.717) is 0 Å². The summed E-state index contributed by atoms with van der Waals surface area (Å²) in [6, 6.07) is 0. The summed E-state index contributed by atoms with van der Waals surface area (Å²) >= 11 is 0. The summed E-state index contributed by atoms with van der Waals surface area (Å²) in [5, 5.41) is 16.3. The lowest BCUT2D eigenvalue weighted by Gasteiger charge is -1.94. The van der Waals surface area contributed by atoms with Gasteiger partial charge in [-0.15, -0.1) is 0 Å². The first-order valence-electron chi connectivity index (χ1n) is 2.68. The molecule has 0 bridgehead atoms. The molecule has 6 nitrogen and oxygen atoms in total. The lowest BCUT2D eigenvalue weighted by atomic mass is 10.3. The smallest absolute Gasteiger partial charge is 0.314 e. The number of carboxylic acids is 1. The predicted molar refractivity (Wildman–Crippen MR) is 37.4 cm³/mol. The van der Waals surface area contributed by atoms with Crippen molar-refractivity contribution in [2.45, 2.75) is 19.4 Å². The topological polar surface area (TPSA) is 115 Å². The van der Waals surface area contributed by atoms with Gasteiger partial charge < -0.3 is 20.0 Å². The van der Waals surface area contributed by atoms with Crippen LogP contribution in [0.15, 0.2) is 0 Å². The summed E-state index contributed by atoms with van der Waals surface area (Å²) in [5.74, 6) is -0.963. The van der Waals surface area contributed by atoms with Gasteiger partial charge in [0.1, 0.15) is 0 Å². The van der Waals surface area contributed by atoms with Gasteiger partial charge >= 0.3 is 14.2 Å². The van der Waals surface area contributed by atoms with Crippen LogP contribution in [0.4, 0.5) is 0 Å². The van der Waals surface area contributed by atoms with E-state index < -0.39 is 20.3 Å². The highest BCUT2D eigenvalue weighted by atomic mass is 31.1. The van der Waals surface area contributed by atoms with Gasteiger partial charge in [0.15, 0.2) is 0 Å². The number of aliphatic hydroxyl groups excluding tert-OH is 1. The van der Waals surface area contributed by atoms with Crippen LogP contribution in [0.5, 0.6) is 0 Å². The van der Waals surface area contributed by atoms with Crippen LogP contribution in [-0.2, 0) is 9.36 Å². The molecule has 0 aromatic heterocycles. The Kier molecular flexibility index (Phi) is 9.21. The van der Waals surface area contributed by atoms with Crippen LogP contribution in [0.1, 0.15) is 13.3 Å². The van der Waals surface area contributed by atoms with Crippen LogP contribution in [-0.4, -0.2) is 32.1 Å². The fourth-order valence-corrected chi connectivity index (χ4v) is 0.253. The standard InChI is InChI=1S/C4H8O3.H3O3P/c1-3(5)2-4(6)7;1-4(2)3/h3,5H,2H2,1H3,(H,6,7);4H,(H2,1,2,3). The minimum absolute atomic E-state index is 0.167. The maximum atomic E-state index is 9.65. The minimum Gasteiger partial charge on any atom is -0.481 e. The van der Waals surface area contributed by atoms with Gasteiger partial charge in [-0.05, 0) is 6.92 Å². The molecule has 0 aromatic carbocycles. The first-order chi connectivity index (χ1) is 4.86. The summed E-state index contributed by atoms with van der Waals surface area (Å²) in [6.45, 7) is 1.44. The molecule has 0 saturated heterocycles. The summed E-state index contributed by atoms with van der Waals surface area (Å²) in [6.07, 6.45) is -0.891. The molecule has 0 aliphatic heterocycles. The third kappa shape index (κ3) is 42.9. The van der Waals surface area contributed by atoms with Gasteiger partial charge in [0.2, 0.25) is 0 Å². The molecule has 11 heavy (non-hydrogen) atoms. The van der Waals surface area contributed by atoms with Gasteiger partial charge in [0.25, 0.3) is 0 Å². The average Bonchev–Trinajstić information content (AvgIpc) is 1.56. The zero-order valence-corrected chi connectivity index (χ0v) is 6.89. The molecule has 4 N–H and O–H groups in total. The lowest BCUT2D eigenvalue weighted by Crippen LogP contribution is -2.07. The Morgan fingerprint density at radius 3 is 1.82 bits per heavy atom. The summed E-state index contributed by atoms with van der Waals surface area (Å²) in [4.78, 5) is 24.0. The Balaban J connectivity index is 0. The second-order valence-electron chi connectivity index (χ2n) is 1.73. The Morgan fingerprint density at radius 1 is 1.55 bits per heavy atom. The van der Waals surface area contributed by atoms with Crippen molar-refractivity contribution in [1.82, 2.24) is 0 Å². The normalized spacial score (nSPS) is 11.7. The summed E-state index contributed by atoms with van der Waals surface area (Å²) in [7, 11) is -3.13. The Labute approximate surface area is 64.1 Å². The number of hydrogen-bond donors (Lipinski definition) is 4. The number of carboxylic acid groups (broad SMARTS) is 1. The molecule has 0 amide bonds. The van der Waals surface area contributed by atoms with Crippen LogP contribution in [0.2, 0.25) is 0 Å². The van der Waals surface area contributed by atoms with Gasteiger partial charge in [0.05, 0.1) is 12.5 Å². The van der Waals surface area contributed by atoms with Crippen molar-refractivity contribution >= 4 is 14.2 Å². The van der Waals surface area contributed by atoms with Crippen LogP contribution >= 0.6 is 8.25 Å². The zero-order valence-electron chi connectivity index (χ0n) is 5.89. The molecule has 0 rings (SSSR count). The van der Waals surface area contributed by atoms with Crippen molar-refractivity contribution in [3.63, 3.8) is 0 Å². The second kappa shape index (κ2) is 7.68. The SMILES string of the molecule is CC(O)CC(=O)O.O=[PH](O)O. The van der Waals surface area contributed by atoms with Crippen molar-refractivity contribution in [2.24, 2.45) is 0 Å². The number of aliphatic carboxylic acids is 1. The van der Waals surface area contributed by atoms with Crippen molar-refractivity contribution in [1.29, 1.82) is 0 Å². The van der Waals surface area contributed by atoms with Gasteiger partial charge in [-0.25, -0.2) is 0 Å². The number of rotatable bonds is 2. The van der Waals surface area contributed by atoms with E-state index in [2.05, 4.69) is 0 Å². The van der Waals surface area contributed by atoms with E-state index in [1.54, 1.807) is 0 Å². The summed E-state index contributed by atoms with van der Waals surface area (Å²) in [5.41, 5.74) is 0. The first-order valence-corrected chi connectivity index (χ1v) is 3.98. The number of aliphatic hydroxyl groups is 1. The van der Waals surface area contributed by atoms with E-state index >= 15 is 0 Å². The van der Waals surface area contributed by atoms with E-state index in [9.17, 15) is 4.79 Å². The lowest BCUT2D eigenvalue weighted by molar-refractivity contribution is -0.138. The molecule has 0 radical (unpaired) electrons. The molecule has 0 saturated carbocycles. The first kappa shape index (κ1) is 13.2. The average molecular weight is 186 g/mol. The van der Waals surface area contributed by atoms with Gasteiger partial charge in [-0.3, -0.25) is 9.36 Å². The highest BCUT2D eigenvalue weighted by Crippen LogP contribution is 1.98. The predicted octanol–water partition coefficient (Wildman–Crippen LogP) is -0.797. The van der Waals surface area contributed by atoms with Crippen molar-refractivity contribution in [3.8, 4) is 0 Å². The van der Waals surface area contributed by atoms with E-state index in [0.717, 1.165) is 0 Å². The Hall–Kier alpha value is -0.420. The molecule has 1 unspecified atom stereocenters. The van der Waals surface area contributed by atoms with Crippen molar-refractivity contribution in [3.05, 3.63) is 0 Å². The quantitative estimate of drug-likeness (QED) is 0.420. The maximum Gasteiger partial charge on any atom is 0.314 e. The Bertz CT molecular complexity index is 129. The molecular formula is C4H11O6P. The largest absolute Gasteiger partial charge is 0.481 e. The molecule has 0 heterocycles. The fourth-order valence-electron chi connectivity index (χ4n) is 0.253. The molecule has 0 aliphatic rings. The van der Waals surface area contributed by atoms with Crippen LogP contribution in [0, 0.1) is 0 Å². The Morgan fingerprint density at radius 2 is 1.82 bits per heavy atom. The zero-order chi connectivity index (χ0) is 9.44. The highest BCUT2D eigenvalue weighted by molar-refractivity contribution is 7.30. The van der Waals surface area contributed by atoms with E-state index in [4.69, 9.17) is 24.6 Å². The third-order valence-corrected chi connectivity index (χ3v) is 0.470. The number of hydrogen-bond acceptors (Lipinski definition) is 3. The monoisotopic (exact) mass is 186 g/mol. The van der Waals surface area contributed by atoms with Crippen molar-refractivity contribution < 1.29 is 29.4 Å². The van der Waals surface area contributed by atoms with Crippen molar-refractivity contribution in [2.75, 3.05) is 0 Å². The number of carbonyl (C=O) groups is 1. The maximum absolute atomic E-state index is 9.65.